The molecule has 8 unspecified atom stereocenters. The molecule has 18 heteroatoms. The minimum absolute atomic E-state index is 0.178. The van der Waals surface area contributed by atoms with E-state index < -0.39 is 12.2 Å². The van der Waals surface area contributed by atoms with Gasteiger partial charge in [-0.15, -0.1) is 26.3 Å². The molecule has 2 N–H and O–H groups in total. The van der Waals surface area contributed by atoms with Gasteiger partial charge in [0.05, 0.1) is 66.1 Å². The molecule has 0 aliphatic carbocycles. The monoisotopic (exact) mass is 1940 g/mol. The summed E-state index contributed by atoms with van der Waals surface area (Å²) >= 11 is 0. The summed E-state index contributed by atoms with van der Waals surface area (Å²) in [5.74, 6) is 8.67. The normalized spacial score (nSPS) is 14.9. The van der Waals surface area contributed by atoms with E-state index in [1.54, 1.807) is 12.2 Å². The highest BCUT2D eigenvalue weighted by atomic mass is 16.6. The molecule has 8 aromatic carbocycles. The quantitative estimate of drug-likeness (QED) is 0.0209. The van der Waals surface area contributed by atoms with Crippen molar-refractivity contribution in [2.45, 2.75) is 301 Å². The highest BCUT2D eigenvalue weighted by Crippen LogP contribution is 2.37. The zero-order valence-corrected chi connectivity index (χ0v) is 93.2. The molecule has 6 heterocycles. The third kappa shape index (κ3) is 91.0. The van der Waals surface area contributed by atoms with Gasteiger partial charge in [-0.3, -0.25) is 0 Å². The molecule has 18 nitrogen and oxygen atoms in total. The van der Waals surface area contributed by atoms with Crippen LogP contribution in [0.4, 0.5) is 0 Å². The maximum absolute atomic E-state index is 9.45. The van der Waals surface area contributed by atoms with Gasteiger partial charge in [0.1, 0.15) is 148 Å². The standard InChI is InChI=1S/C27H32O4.2C12H16O3.4C9H10O2.2C4H10.2C3H8.10C2H6/c1-5-7-19-13-21(9-11-25(19)30-17-23-15-28-23)27(3,4)22-10-12-26(20(14-22)8-6-2)31-18-24-16-29-24;2*1-2-8-14-9-11(13)10-15-12-6-4-3-5-7-12;4*1-2-4-8(5-3-1)10-6-9-7-11-9;2*1-4(2)3;2*1-3-2;10*1-2/h5-6,9-14,23-24H,1-2,7-8,15-18H2,3-4H3;2*2-7,11,13H,1,8-10H2;4*1-5,9H,6-7H2;2*4H,1-3H3;2*3H2,1-2H3;10*1-2H3. The van der Waals surface area contributed by atoms with Crippen LogP contribution >= 0.6 is 0 Å². The first-order valence-electron chi connectivity index (χ1n) is 52.0. The Bertz CT molecular complexity index is 3420. The number of ether oxygens (including phenoxy) is 16. The van der Waals surface area contributed by atoms with Gasteiger partial charge in [0.2, 0.25) is 0 Å². The predicted octanol–water partition coefficient (Wildman–Crippen LogP) is 30.6. The Morgan fingerprint density at radius 3 is 0.640 bits per heavy atom. The molecule has 6 saturated heterocycles. The van der Waals surface area contributed by atoms with E-state index in [1.807, 2.05) is 333 Å². The number of aliphatic hydroxyl groups is 2. The van der Waals surface area contributed by atoms with E-state index in [9.17, 15) is 10.2 Å². The molecule has 0 aromatic heterocycles. The fourth-order valence-electron chi connectivity index (χ4n) is 9.28. The Hall–Kier alpha value is -9.28. The summed E-state index contributed by atoms with van der Waals surface area (Å²) in [6.07, 6.45) is 11.8. The summed E-state index contributed by atoms with van der Waals surface area (Å²) < 4.78 is 85.0. The number of aliphatic hydroxyl groups excluding tert-OH is 2. The lowest BCUT2D eigenvalue weighted by Crippen LogP contribution is -2.23. The summed E-state index contributed by atoms with van der Waals surface area (Å²) in [4.78, 5) is 0. The van der Waals surface area contributed by atoms with Gasteiger partial charge in [-0.05, 0) is 132 Å². The molecule has 0 amide bonds. The van der Waals surface area contributed by atoms with Crippen molar-refractivity contribution in [1.82, 2.24) is 0 Å². The van der Waals surface area contributed by atoms with Crippen LogP contribution < -0.4 is 37.9 Å². The first-order chi connectivity index (χ1) is 67.7. The van der Waals surface area contributed by atoms with Crippen molar-refractivity contribution < 1.29 is 86.0 Å². The van der Waals surface area contributed by atoms with Crippen LogP contribution in [0.1, 0.15) is 257 Å². The smallest absolute Gasteiger partial charge is 0.122 e. The zero-order chi connectivity index (χ0) is 106. The number of hydrogen-bond acceptors (Lipinski definition) is 18. The van der Waals surface area contributed by atoms with E-state index in [-0.39, 0.29) is 44.1 Å². The summed E-state index contributed by atoms with van der Waals surface area (Å²) in [6.45, 7) is 91.7. The second kappa shape index (κ2) is 106. The van der Waals surface area contributed by atoms with Crippen molar-refractivity contribution >= 4 is 0 Å². The summed E-state index contributed by atoms with van der Waals surface area (Å²) in [7, 11) is 0. The number of benzene rings is 8. The van der Waals surface area contributed by atoms with Gasteiger partial charge >= 0.3 is 0 Å². The van der Waals surface area contributed by atoms with E-state index in [0.717, 1.165) is 121 Å². The molecular weight excluding hydrogens is 1740 g/mol. The average molecular weight is 1940 g/mol. The molecule has 0 bridgehead atoms. The molecule has 8 aromatic rings. The molecule has 792 valence electrons. The SMILES string of the molecule is C=CCOCC(O)COc1ccccc1.C=CCOCC(O)COc1ccccc1.C=CCc1cc(C(C)(C)c2ccc(OCC3CO3)c(CC=C)c2)ccc1OCC1CO1.CC.CC.CC.CC.CC.CC.CC.CC.CC.CC.CC(C)C.CC(C)C.CCC.CCC.c1ccc(OCC2CO2)cc1.c1ccc(OCC2CO2)cc1.c1ccc(OCC2CO2)cc1.c1ccc(OCC2CO2)cc1. The van der Waals surface area contributed by atoms with Gasteiger partial charge in [0.15, 0.2) is 0 Å². The molecule has 0 saturated carbocycles. The molecule has 139 heavy (non-hydrogen) atoms. The lowest BCUT2D eigenvalue weighted by Gasteiger charge is -2.28. The lowest BCUT2D eigenvalue weighted by molar-refractivity contribution is 0.0214. The number of para-hydroxylation sites is 6. The van der Waals surface area contributed by atoms with Crippen molar-refractivity contribution in [3.8, 4) is 46.0 Å². The molecule has 6 aliphatic rings. The Kier molecular flexibility index (Phi) is 109. The second-order valence-corrected chi connectivity index (χ2v) is 30.2. The lowest BCUT2D eigenvalue weighted by atomic mass is 9.77. The average Bonchev–Trinajstić information content (AvgIpc) is 0.854. The minimum atomic E-state index is -0.606. The van der Waals surface area contributed by atoms with Gasteiger partial charge in [0.25, 0.3) is 0 Å². The first kappa shape index (κ1) is 143. The van der Waals surface area contributed by atoms with Crippen LogP contribution in [0.3, 0.4) is 0 Å². The van der Waals surface area contributed by atoms with Gasteiger partial charge < -0.3 is 86.0 Å². The van der Waals surface area contributed by atoms with E-state index in [2.05, 4.69) is 146 Å². The first-order valence-corrected chi connectivity index (χ1v) is 52.0. The molecule has 6 fully saturated rings. The van der Waals surface area contributed by atoms with E-state index in [1.165, 1.54) is 24.0 Å². The molecule has 8 atom stereocenters. The van der Waals surface area contributed by atoms with Crippen molar-refractivity contribution in [1.29, 1.82) is 0 Å². The number of epoxide rings is 6. The topological polar surface area (TPSA) is 208 Å². The van der Waals surface area contributed by atoms with Crippen molar-refractivity contribution in [2.75, 3.05) is 119 Å². The highest BCUT2D eigenvalue weighted by Gasteiger charge is 2.29. The Balaban J connectivity index is -0.000000285. The van der Waals surface area contributed by atoms with Crippen molar-refractivity contribution in [2.24, 2.45) is 11.8 Å². The van der Waals surface area contributed by atoms with Gasteiger partial charge in [-0.1, -0.05) is 392 Å². The maximum atomic E-state index is 9.45. The Labute approximate surface area is 850 Å². The van der Waals surface area contributed by atoms with Gasteiger partial charge in [-0.2, -0.15) is 0 Å². The van der Waals surface area contributed by atoms with Crippen LogP contribution in [0.25, 0.3) is 0 Å². The molecule has 0 spiro atoms. The molecule has 6 aliphatic heterocycles. The van der Waals surface area contributed by atoms with Crippen LogP contribution in [0, 0.1) is 11.8 Å². The molecule has 0 radical (unpaired) electrons. The summed E-state index contributed by atoms with van der Waals surface area (Å²) in [5, 5.41) is 18.9. The van der Waals surface area contributed by atoms with Crippen LogP contribution in [0.5, 0.6) is 46.0 Å². The van der Waals surface area contributed by atoms with E-state index in [0.29, 0.717) is 77.3 Å². The van der Waals surface area contributed by atoms with Gasteiger partial charge in [0, 0.05) is 5.41 Å². The van der Waals surface area contributed by atoms with Crippen molar-refractivity contribution in [3.63, 3.8) is 0 Å². The van der Waals surface area contributed by atoms with Gasteiger partial charge in [-0.25, -0.2) is 0 Å². The Morgan fingerprint density at radius 2 is 0.468 bits per heavy atom. The maximum Gasteiger partial charge on any atom is 0.122 e. The summed E-state index contributed by atoms with van der Waals surface area (Å²) in [6, 6.07) is 70.9. The molecule has 14 rings (SSSR count). The van der Waals surface area contributed by atoms with Crippen LogP contribution in [-0.2, 0) is 56.2 Å². The third-order valence-corrected chi connectivity index (χ3v) is 15.7. The second-order valence-electron chi connectivity index (χ2n) is 30.2. The largest absolute Gasteiger partial charge is 0.491 e. The summed E-state index contributed by atoms with van der Waals surface area (Å²) in [5.41, 5.74) is 4.60. The fraction of sp³-hybridized carbons (Fsp3) is 0.537. The van der Waals surface area contributed by atoms with Crippen LogP contribution in [0.15, 0.2) is 269 Å². The van der Waals surface area contributed by atoms with E-state index >= 15 is 0 Å². The highest BCUT2D eigenvalue weighted by molar-refractivity contribution is 5.49. The number of rotatable bonds is 38. The molecular formula is C121H200O18. The fourth-order valence-corrected chi connectivity index (χ4v) is 9.28. The van der Waals surface area contributed by atoms with Crippen molar-refractivity contribution in [3.05, 3.63) is 291 Å². The van der Waals surface area contributed by atoms with E-state index in [4.69, 9.17) is 75.8 Å². The third-order valence-electron chi connectivity index (χ3n) is 15.7. The van der Waals surface area contributed by atoms with Crippen LogP contribution in [-0.4, -0.2) is 178 Å². The minimum Gasteiger partial charge on any atom is -0.491 e. The number of allylic oxidation sites excluding steroid dienone is 2. The van der Waals surface area contributed by atoms with Crippen LogP contribution in [0.2, 0.25) is 0 Å². The Morgan fingerprint density at radius 1 is 0.288 bits per heavy atom. The zero-order valence-electron chi connectivity index (χ0n) is 93.2. The number of hydrogen-bond donors (Lipinski definition) is 2. The predicted molar refractivity (Wildman–Crippen MR) is 594 cm³/mol.